The fourth-order valence-electron chi connectivity index (χ4n) is 2.48. The third-order valence-electron chi connectivity index (χ3n) is 3.71. The number of amides is 2. The molecule has 1 saturated heterocycles. The highest BCUT2D eigenvalue weighted by Crippen LogP contribution is 2.09. The number of nitrogens with one attached hydrogen (secondary N) is 2. The summed E-state index contributed by atoms with van der Waals surface area (Å²) in [6.45, 7) is 0.678. The van der Waals surface area contributed by atoms with E-state index in [2.05, 4.69) is 15.7 Å². The zero-order valence-corrected chi connectivity index (χ0v) is 12.2. The minimum atomic E-state index is -0.463. The molecule has 1 aliphatic rings. The van der Waals surface area contributed by atoms with E-state index in [1.165, 1.54) is 6.20 Å². The molecule has 114 valence electrons. The minimum absolute atomic E-state index is 0.110. The van der Waals surface area contributed by atoms with Crippen LogP contribution in [0.5, 0.6) is 0 Å². The number of carbonyl (C=O) groups is 2. The van der Waals surface area contributed by atoms with E-state index in [1.807, 2.05) is 30.3 Å². The maximum Gasteiger partial charge on any atom is 0.255 e. The number of hydrogen-bond donors (Lipinski definition) is 2. The van der Waals surface area contributed by atoms with Crippen molar-refractivity contribution in [3.8, 4) is 5.69 Å². The molecule has 1 atom stereocenters. The molecule has 6 nitrogen and oxygen atoms in total. The average Bonchev–Trinajstić information content (AvgIpc) is 2.96. The van der Waals surface area contributed by atoms with Crippen molar-refractivity contribution < 1.29 is 9.59 Å². The molecule has 6 heteroatoms. The maximum atomic E-state index is 12.3. The van der Waals surface area contributed by atoms with Crippen LogP contribution in [0, 0.1) is 0 Å². The van der Waals surface area contributed by atoms with Crippen molar-refractivity contribution in [2.45, 2.75) is 25.3 Å². The smallest absolute Gasteiger partial charge is 0.255 e. The molecule has 2 aromatic rings. The Labute approximate surface area is 128 Å². The molecule has 1 aromatic carbocycles. The summed E-state index contributed by atoms with van der Waals surface area (Å²) in [4.78, 5) is 24.1. The second-order valence-electron chi connectivity index (χ2n) is 5.32. The van der Waals surface area contributed by atoms with Crippen LogP contribution in [0.4, 0.5) is 0 Å². The van der Waals surface area contributed by atoms with Crippen LogP contribution < -0.4 is 10.6 Å². The van der Waals surface area contributed by atoms with Gasteiger partial charge in [-0.25, -0.2) is 4.68 Å². The largest absolute Gasteiger partial charge is 0.354 e. The second-order valence-corrected chi connectivity index (χ2v) is 5.32. The molecule has 0 spiro atoms. The van der Waals surface area contributed by atoms with Gasteiger partial charge in [-0.05, 0) is 31.4 Å². The van der Waals surface area contributed by atoms with E-state index in [-0.39, 0.29) is 11.8 Å². The van der Waals surface area contributed by atoms with Gasteiger partial charge in [-0.15, -0.1) is 0 Å². The standard InChI is InChI=1S/C16H18N4O2/c21-15(19-14-8-4-5-9-17-16(14)22)12-10-18-20(11-12)13-6-2-1-3-7-13/h1-3,6-7,10-11,14H,4-5,8-9H2,(H,17,22)(H,19,21)/t14-/m0/s1. The predicted molar refractivity (Wildman–Crippen MR) is 81.7 cm³/mol. The van der Waals surface area contributed by atoms with E-state index in [0.717, 1.165) is 18.5 Å². The van der Waals surface area contributed by atoms with Gasteiger partial charge in [0.1, 0.15) is 6.04 Å². The van der Waals surface area contributed by atoms with Crippen LogP contribution >= 0.6 is 0 Å². The summed E-state index contributed by atoms with van der Waals surface area (Å²) < 4.78 is 1.64. The summed E-state index contributed by atoms with van der Waals surface area (Å²) in [7, 11) is 0. The molecule has 2 amide bonds. The lowest BCUT2D eigenvalue weighted by atomic mass is 10.1. The lowest BCUT2D eigenvalue weighted by Gasteiger charge is -2.14. The number of nitrogens with zero attached hydrogens (tertiary/aromatic N) is 2. The van der Waals surface area contributed by atoms with E-state index in [4.69, 9.17) is 0 Å². The first-order chi connectivity index (χ1) is 10.7. The Balaban J connectivity index is 1.70. The molecular formula is C16H18N4O2. The molecular weight excluding hydrogens is 280 g/mol. The Morgan fingerprint density at radius 2 is 2.09 bits per heavy atom. The minimum Gasteiger partial charge on any atom is -0.354 e. The molecule has 0 radical (unpaired) electrons. The molecule has 1 aliphatic heterocycles. The molecule has 0 unspecified atom stereocenters. The van der Waals surface area contributed by atoms with Crippen molar-refractivity contribution in [1.82, 2.24) is 20.4 Å². The molecule has 2 heterocycles. The van der Waals surface area contributed by atoms with Gasteiger partial charge in [-0.3, -0.25) is 9.59 Å². The van der Waals surface area contributed by atoms with E-state index in [0.29, 0.717) is 18.5 Å². The van der Waals surface area contributed by atoms with Crippen molar-refractivity contribution >= 4 is 11.8 Å². The fourth-order valence-corrected chi connectivity index (χ4v) is 2.48. The van der Waals surface area contributed by atoms with Crippen LogP contribution in [-0.2, 0) is 4.79 Å². The lowest BCUT2D eigenvalue weighted by Crippen LogP contribution is -2.45. The van der Waals surface area contributed by atoms with Gasteiger partial charge in [0, 0.05) is 12.7 Å². The highest BCUT2D eigenvalue weighted by Gasteiger charge is 2.23. The molecule has 0 aliphatic carbocycles. The molecule has 1 fully saturated rings. The van der Waals surface area contributed by atoms with Crippen LogP contribution in [-0.4, -0.2) is 34.2 Å². The van der Waals surface area contributed by atoms with E-state index in [9.17, 15) is 9.59 Å². The van der Waals surface area contributed by atoms with Crippen molar-refractivity contribution in [3.05, 3.63) is 48.3 Å². The summed E-state index contributed by atoms with van der Waals surface area (Å²) in [5.41, 5.74) is 1.33. The van der Waals surface area contributed by atoms with Crippen molar-refractivity contribution in [2.24, 2.45) is 0 Å². The number of benzene rings is 1. The van der Waals surface area contributed by atoms with Crippen LogP contribution in [0.3, 0.4) is 0 Å². The Bertz CT molecular complexity index is 666. The van der Waals surface area contributed by atoms with Crippen molar-refractivity contribution in [1.29, 1.82) is 0 Å². The molecule has 0 saturated carbocycles. The Hall–Kier alpha value is -2.63. The topological polar surface area (TPSA) is 76.0 Å². The number of carbonyl (C=O) groups excluding carboxylic acids is 2. The normalized spacial score (nSPS) is 18.4. The third-order valence-corrected chi connectivity index (χ3v) is 3.71. The van der Waals surface area contributed by atoms with Crippen LogP contribution in [0.2, 0.25) is 0 Å². The van der Waals surface area contributed by atoms with E-state index >= 15 is 0 Å². The summed E-state index contributed by atoms with van der Waals surface area (Å²) in [5.74, 6) is -0.384. The maximum absolute atomic E-state index is 12.3. The zero-order chi connectivity index (χ0) is 15.4. The highest BCUT2D eigenvalue weighted by molar-refractivity contribution is 5.97. The SMILES string of the molecule is O=C(N[C@H]1CCCCNC1=O)c1cnn(-c2ccccc2)c1. The Kier molecular flexibility index (Phi) is 4.18. The summed E-state index contributed by atoms with van der Waals surface area (Å²) in [6, 6.07) is 9.10. The number of rotatable bonds is 3. The number of para-hydroxylation sites is 1. The fraction of sp³-hybridized carbons (Fsp3) is 0.312. The average molecular weight is 298 g/mol. The van der Waals surface area contributed by atoms with Gasteiger partial charge >= 0.3 is 0 Å². The highest BCUT2D eigenvalue weighted by atomic mass is 16.2. The molecule has 1 aromatic heterocycles. The first kappa shape index (κ1) is 14.3. The number of aromatic nitrogens is 2. The van der Waals surface area contributed by atoms with Gasteiger partial charge in [-0.1, -0.05) is 18.2 Å². The first-order valence-electron chi connectivity index (χ1n) is 7.43. The number of hydrogen-bond acceptors (Lipinski definition) is 3. The zero-order valence-electron chi connectivity index (χ0n) is 12.2. The second kappa shape index (κ2) is 6.43. The summed E-state index contributed by atoms with van der Waals surface area (Å²) >= 11 is 0. The van der Waals surface area contributed by atoms with Gasteiger partial charge < -0.3 is 10.6 Å². The lowest BCUT2D eigenvalue weighted by molar-refractivity contribution is -0.122. The Morgan fingerprint density at radius 1 is 1.27 bits per heavy atom. The van der Waals surface area contributed by atoms with Crippen LogP contribution in [0.25, 0.3) is 5.69 Å². The predicted octanol–water partition coefficient (Wildman–Crippen LogP) is 1.27. The first-order valence-corrected chi connectivity index (χ1v) is 7.43. The van der Waals surface area contributed by atoms with Crippen molar-refractivity contribution in [2.75, 3.05) is 6.54 Å². The summed E-state index contributed by atoms with van der Waals surface area (Å²) in [6.07, 6.45) is 5.72. The molecule has 0 bridgehead atoms. The van der Waals surface area contributed by atoms with E-state index < -0.39 is 6.04 Å². The van der Waals surface area contributed by atoms with Gasteiger partial charge in [0.15, 0.2) is 0 Å². The monoisotopic (exact) mass is 298 g/mol. The quantitative estimate of drug-likeness (QED) is 0.896. The molecule has 2 N–H and O–H groups in total. The molecule has 3 rings (SSSR count). The van der Waals surface area contributed by atoms with Gasteiger partial charge in [0.05, 0.1) is 17.4 Å². The van der Waals surface area contributed by atoms with Gasteiger partial charge in [0.25, 0.3) is 5.91 Å². The van der Waals surface area contributed by atoms with Gasteiger partial charge in [-0.2, -0.15) is 5.10 Å². The summed E-state index contributed by atoms with van der Waals surface area (Å²) in [5, 5.41) is 9.79. The third kappa shape index (κ3) is 3.16. The molecule has 22 heavy (non-hydrogen) atoms. The Morgan fingerprint density at radius 3 is 2.91 bits per heavy atom. The van der Waals surface area contributed by atoms with E-state index in [1.54, 1.807) is 10.9 Å². The van der Waals surface area contributed by atoms with Crippen LogP contribution in [0.1, 0.15) is 29.6 Å². The van der Waals surface area contributed by atoms with Crippen molar-refractivity contribution in [3.63, 3.8) is 0 Å². The van der Waals surface area contributed by atoms with Gasteiger partial charge in [0.2, 0.25) is 5.91 Å². The van der Waals surface area contributed by atoms with Crippen LogP contribution in [0.15, 0.2) is 42.7 Å².